The molecular formula is C16H13N5. The highest BCUT2D eigenvalue weighted by Crippen LogP contribution is 2.32. The molecule has 1 aromatic heterocycles. The number of aromatic nitrogens is 5. The monoisotopic (exact) mass is 275 g/mol. The van der Waals surface area contributed by atoms with E-state index in [1.165, 1.54) is 0 Å². The number of H-pyrrole nitrogens is 2. The smallest absolute Gasteiger partial charge is 0.106 e. The second-order valence-corrected chi connectivity index (χ2v) is 4.92. The van der Waals surface area contributed by atoms with Gasteiger partial charge in [-0.25, -0.2) is 9.97 Å². The topological polar surface area (TPSA) is 70.2 Å². The summed E-state index contributed by atoms with van der Waals surface area (Å²) in [5.74, 6) is 0.872. The number of nitrogens with zero attached hydrogens (tertiary/aromatic N) is 3. The van der Waals surface area contributed by atoms with E-state index in [9.17, 15) is 0 Å². The molecule has 1 aromatic carbocycles. The van der Waals surface area contributed by atoms with Gasteiger partial charge in [0.2, 0.25) is 0 Å². The van der Waals surface area contributed by atoms with Crippen LogP contribution in [-0.2, 0) is 0 Å². The number of benzene rings is 1. The minimum atomic E-state index is 0.857. The molecule has 3 heterocycles. The van der Waals surface area contributed by atoms with E-state index in [1.807, 2.05) is 49.5 Å². The van der Waals surface area contributed by atoms with Crippen LogP contribution >= 0.6 is 0 Å². The van der Waals surface area contributed by atoms with Crippen molar-refractivity contribution in [3.63, 3.8) is 0 Å². The Hall–Kier alpha value is -2.95. The van der Waals surface area contributed by atoms with Crippen LogP contribution in [0.15, 0.2) is 48.8 Å². The van der Waals surface area contributed by atoms with Crippen molar-refractivity contribution in [1.82, 2.24) is 25.1 Å². The summed E-state index contributed by atoms with van der Waals surface area (Å²) in [6, 6.07) is 12.1. The fourth-order valence-corrected chi connectivity index (χ4v) is 2.46. The minimum Gasteiger partial charge on any atom is -0.342 e. The summed E-state index contributed by atoms with van der Waals surface area (Å²) in [5, 5.41) is 7.29. The predicted octanol–water partition coefficient (Wildman–Crippen LogP) is 3.28. The SMILES string of the molecule is Cc1ncc2nc(-c3c[nH]nc3-c3ccccc3)cc-2[nH]1. The molecule has 2 N–H and O–H groups in total. The van der Waals surface area contributed by atoms with E-state index < -0.39 is 0 Å². The first-order chi connectivity index (χ1) is 10.3. The van der Waals surface area contributed by atoms with Crippen molar-refractivity contribution < 1.29 is 0 Å². The van der Waals surface area contributed by atoms with Gasteiger partial charge in [0.15, 0.2) is 0 Å². The maximum absolute atomic E-state index is 4.63. The number of hydrogen-bond donors (Lipinski definition) is 2. The second-order valence-electron chi connectivity index (χ2n) is 4.92. The predicted molar refractivity (Wildman–Crippen MR) is 80.8 cm³/mol. The van der Waals surface area contributed by atoms with Gasteiger partial charge in [-0.1, -0.05) is 30.3 Å². The highest BCUT2D eigenvalue weighted by Gasteiger charge is 2.16. The molecule has 0 amide bonds. The number of aromatic amines is 2. The lowest BCUT2D eigenvalue weighted by atomic mass is 10.1. The Balaban J connectivity index is 1.87. The molecule has 2 aliphatic heterocycles. The van der Waals surface area contributed by atoms with Crippen LogP contribution in [0.4, 0.5) is 0 Å². The van der Waals surface area contributed by atoms with Crippen LogP contribution in [0.5, 0.6) is 0 Å². The molecular weight excluding hydrogens is 262 g/mol. The van der Waals surface area contributed by atoms with Crippen molar-refractivity contribution in [2.45, 2.75) is 6.92 Å². The Bertz CT molecular complexity index is 859. The molecule has 0 fully saturated rings. The number of aryl methyl sites for hydroxylation is 1. The highest BCUT2D eigenvalue weighted by molar-refractivity contribution is 5.81. The van der Waals surface area contributed by atoms with Crippen LogP contribution < -0.4 is 0 Å². The molecule has 0 aliphatic carbocycles. The van der Waals surface area contributed by atoms with Gasteiger partial charge in [-0.2, -0.15) is 5.10 Å². The quantitative estimate of drug-likeness (QED) is 0.590. The molecule has 0 atom stereocenters. The van der Waals surface area contributed by atoms with Crippen LogP contribution in [0, 0.1) is 6.92 Å². The third-order valence-corrected chi connectivity index (χ3v) is 3.46. The lowest BCUT2D eigenvalue weighted by Gasteiger charge is -1.99. The first kappa shape index (κ1) is 11.8. The summed E-state index contributed by atoms with van der Waals surface area (Å²) in [6.07, 6.45) is 3.66. The molecule has 5 nitrogen and oxygen atoms in total. The Kier molecular flexibility index (Phi) is 2.57. The zero-order valence-corrected chi connectivity index (χ0v) is 11.5. The van der Waals surface area contributed by atoms with Gasteiger partial charge in [0, 0.05) is 17.3 Å². The Morgan fingerprint density at radius 2 is 1.90 bits per heavy atom. The Morgan fingerprint density at radius 1 is 1.05 bits per heavy atom. The summed E-state index contributed by atoms with van der Waals surface area (Å²) in [6.45, 7) is 1.93. The van der Waals surface area contributed by atoms with Crippen LogP contribution in [0.25, 0.3) is 33.9 Å². The molecule has 0 spiro atoms. The van der Waals surface area contributed by atoms with Gasteiger partial charge in [0.1, 0.15) is 17.2 Å². The molecule has 21 heavy (non-hydrogen) atoms. The number of fused-ring (bicyclic) bond motifs is 1. The van der Waals surface area contributed by atoms with E-state index in [0.29, 0.717) is 0 Å². The van der Waals surface area contributed by atoms with E-state index in [2.05, 4.69) is 25.1 Å². The molecule has 0 saturated carbocycles. The molecule has 2 aliphatic rings. The van der Waals surface area contributed by atoms with Crippen molar-refractivity contribution in [3.8, 4) is 33.9 Å². The van der Waals surface area contributed by atoms with E-state index in [0.717, 1.165) is 39.7 Å². The average Bonchev–Trinajstić information content (AvgIpc) is 3.13. The second kappa shape index (κ2) is 4.56. The van der Waals surface area contributed by atoms with Crippen molar-refractivity contribution in [1.29, 1.82) is 0 Å². The van der Waals surface area contributed by atoms with Gasteiger partial charge < -0.3 is 4.98 Å². The van der Waals surface area contributed by atoms with E-state index in [-0.39, 0.29) is 0 Å². The van der Waals surface area contributed by atoms with Crippen molar-refractivity contribution in [2.24, 2.45) is 0 Å². The van der Waals surface area contributed by atoms with Crippen LogP contribution in [0.1, 0.15) is 5.82 Å². The maximum Gasteiger partial charge on any atom is 0.106 e. The molecule has 0 radical (unpaired) electrons. The zero-order valence-electron chi connectivity index (χ0n) is 11.5. The summed E-state index contributed by atoms with van der Waals surface area (Å²) >= 11 is 0. The van der Waals surface area contributed by atoms with Gasteiger partial charge in [-0.15, -0.1) is 0 Å². The fourth-order valence-electron chi connectivity index (χ4n) is 2.46. The third kappa shape index (κ3) is 1.99. The van der Waals surface area contributed by atoms with E-state index >= 15 is 0 Å². The lowest BCUT2D eigenvalue weighted by molar-refractivity contribution is 1.05. The fraction of sp³-hybridized carbons (Fsp3) is 0.0625. The molecule has 4 rings (SSSR count). The molecule has 2 aromatic rings. The normalized spacial score (nSPS) is 11.1. The van der Waals surface area contributed by atoms with Gasteiger partial charge in [0.05, 0.1) is 17.6 Å². The third-order valence-electron chi connectivity index (χ3n) is 3.46. The van der Waals surface area contributed by atoms with Crippen molar-refractivity contribution >= 4 is 0 Å². The molecule has 102 valence electrons. The van der Waals surface area contributed by atoms with E-state index in [4.69, 9.17) is 0 Å². The molecule has 0 saturated heterocycles. The molecule has 0 unspecified atom stereocenters. The van der Waals surface area contributed by atoms with Gasteiger partial charge in [-0.05, 0) is 13.0 Å². The Morgan fingerprint density at radius 3 is 2.76 bits per heavy atom. The zero-order chi connectivity index (χ0) is 14.2. The summed E-state index contributed by atoms with van der Waals surface area (Å²) in [4.78, 5) is 12.1. The van der Waals surface area contributed by atoms with Crippen molar-refractivity contribution in [3.05, 3.63) is 54.6 Å². The van der Waals surface area contributed by atoms with Crippen LogP contribution in [0.3, 0.4) is 0 Å². The van der Waals surface area contributed by atoms with Gasteiger partial charge in [-0.3, -0.25) is 5.10 Å². The van der Waals surface area contributed by atoms with Crippen LogP contribution in [-0.4, -0.2) is 25.1 Å². The summed E-state index contributed by atoms with van der Waals surface area (Å²) in [5.41, 5.74) is 5.69. The van der Waals surface area contributed by atoms with Crippen LogP contribution in [0.2, 0.25) is 0 Å². The maximum atomic E-state index is 4.63. The minimum absolute atomic E-state index is 0.857. The molecule has 5 heteroatoms. The Labute approximate surface area is 121 Å². The largest absolute Gasteiger partial charge is 0.342 e. The first-order valence-corrected chi connectivity index (χ1v) is 6.73. The summed E-state index contributed by atoms with van der Waals surface area (Å²) in [7, 11) is 0. The van der Waals surface area contributed by atoms with Gasteiger partial charge in [0.25, 0.3) is 0 Å². The standard InChI is InChI=1S/C16H13N5/c1-10-17-9-15-14(19-10)7-13(20-15)12-8-18-21-16(12)11-5-3-2-4-6-11/h2-9H,1H3,(H,17,19)(H,18,21). The lowest BCUT2D eigenvalue weighted by Crippen LogP contribution is -1.89. The van der Waals surface area contributed by atoms with Crippen molar-refractivity contribution in [2.75, 3.05) is 0 Å². The van der Waals surface area contributed by atoms with E-state index in [1.54, 1.807) is 6.20 Å². The highest BCUT2D eigenvalue weighted by atomic mass is 15.1. The number of rotatable bonds is 2. The number of nitrogens with one attached hydrogen (secondary N) is 2. The number of hydrogen-bond acceptors (Lipinski definition) is 3. The first-order valence-electron chi connectivity index (χ1n) is 6.73. The summed E-state index contributed by atoms with van der Waals surface area (Å²) < 4.78 is 0. The molecule has 0 bridgehead atoms. The average molecular weight is 275 g/mol. The van der Waals surface area contributed by atoms with Gasteiger partial charge >= 0.3 is 0 Å².